The summed E-state index contributed by atoms with van der Waals surface area (Å²) >= 11 is 10.9. The van der Waals surface area contributed by atoms with Crippen molar-refractivity contribution in [2.24, 2.45) is 0 Å². The lowest BCUT2D eigenvalue weighted by atomic mass is 10.3. The van der Waals surface area contributed by atoms with Crippen LogP contribution in [0.1, 0.15) is 0 Å². The van der Waals surface area contributed by atoms with Crippen LogP contribution in [0, 0.1) is 0 Å². The van der Waals surface area contributed by atoms with Gasteiger partial charge in [0.1, 0.15) is 11.6 Å². The predicted molar refractivity (Wildman–Crippen MR) is 85.8 cm³/mol. The molecule has 100 valence electrons. The quantitative estimate of drug-likeness (QED) is 0.626. The van der Waals surface area contributed by atoms with Crippen LogP contribution >= 0.6 is 39.3 Å². The van der Waals surface area contributed by atoms with Gasteiger partial charge in [-0.25, -0.2) is 9.97 Å². The minimum atomic E-state index is 0.681. The first-order valence-electron chi connectivity index (χ1n) is 5.45. The van der Waals surface area contributed by atoms with Gasteiger partial charge in [0, 0.05) is 22.6 Å². The lowest BCUT2D eigenvalue weighted by Gasteiger charge is -2.10. The number of thioether (sulfide) groups is 1. The summed E-state index contributed by atoms with van der Waals surface area (Å²) in [7, 11) is 1.83. The number of halogens is 2. The average molecular weight is 360 g/mol. The van der Waals surface area contributed by atoms with Gasteiger partial charge in [-0.3, -0.25) is 0 Å². The van der Waals surface area contributed by atoms with E-state index in [0.717, 1.165) is 21.8 Å². The van der Waals surface area contributed by atoms with Gasteiger partial charge in [-0.1, -0.05) is 23.4 Å². The van der Waals surface area contributed by atoms with Crippen LogP contribution in [0.5, 0.6) is 0 Å². The molecule has 0 atom stereocenters. The molecule has 19 heavy (non-hydrogen) atoms. The second kappa shape index (κ2) is 6.45. The number of hydrogen-bond donors (Lipinski definition) is 2. The Bertz CT molecular complexity index is 572. The number of hydrogen-bond acceptors (Lipinski definition) is 5. The summed E-state index contributed by atoms with van der Waals surface area (Å²) in [5.74, 6) is 1.50. The number of rotatable bonds is 4. The van der Waals surface area contributed by atoms with E-state index >= 15 is 0 Å². The fourth-order valence-electron chi connectivity index (χ4n) is 1.44. The molecule has 1 aromatic carbocycles. The number of aromatic nitrogens is 2. The molecule has 0 saturated carbocycles. The third kappa shape index (κ3) is 3.75. The zero-order chi connectivity index (χ0) is 13.8. The molecule has 2 aromatic rings. The Morgan fingerprint density at radius 1 is 1.21 bits per heavy atom. The molecule has 0 saturated heterocycles. The molecular weight excluding hydrogens is 348 g/mol. The molecule has 0 unspecified atom stereocenters. The van der Waals surface area contributed by atoms with Gasteiger partial charge in [-0.2, -0.15) is 0 Å². The van der Waals surface area contributed by atoms with Gasteiger partial charge < -0.3 is 10.6 Å². The van der Waals surface area contributed by atoms with Crippen LogP contribution < -0.4 is 10.6 Å². The Morgan fingerprint density at radius 3 is 2.58 bits per heavy atom. The number of nitrogens with one attached hydrogen (secondary N) is 2. The largest absolute Gasteiger partial charge is 0.373 e. The maximum atomic E-state index is 5.92. The van der Waals surface area contributed by atoms with Crippen molar-refractivity contribution in [1.82, 2.24) is 9.97 Å². The summed E-state index contributed by atoms with van der Waals surface area (Å²) in [6.07, 6.45) is 1.94. The zero-order valence-corrected chi connectivity index (χ0v) is 13.5. The third-order valence-electron chi connectivity index (χ3n) is 2.34. The minimum Gasteiger partial charge on any atom is -0.373 e. The normalized spacial score (nSPS) is 10.3. The van der Waals surface area contributed by atoms with Crippen molar-refractivity contribution in [2.75, 3.05) is 23.9 Å². The Morgan fingerprint density at radius 2 is 1.95 bits per heavy atom. The van der Waals surface area contributed by atoms with E-state index < -0.39 is 0 Å². The summed E-state index contributed by atoms with van der Waals surface area (Å²) in [5.41, 5.74) is 0.900. The van der Waals surface area contributed by atoms with Crippen LogP contribution in [0.3, 0.4) is 0 Å². The SMILES string of the molecule is CNc1cc(Nc2ccc(Cl)cc2Br)nc(SC)n1. The molecule has 7 heteroatoms. The van der Waals surface area contributed by atoms with Gasteiger partial charge >= 0.3 is 0 Å². The van der Waals surface area contributed by atoms with E-state index in [0.29, 0.717) is 10.2 Å². The number of nitrogens with zero attached hydrogens (tertiary/aromatic N) is 2. The van der Waals surface area contributed by atoms with Gasteiger partial charge in [-0.05, 0) is 40.4 Å². The Labute approximate surface area is 129 Å². The number of anilines is 3. The van der Waals surface area contributed by atoms with Gasteiger partial charge in [0.05, 0.1) is 5.69 Å². The lowest BCUT2D eigenvalue weighted by molar-refractivity contribution is 0.977. The summed E-state index contributed by atoms with van der Waals surface area (Å²) in [5, 5.41) is 7.64. The summed E-state index contributed by atoms with van der Waals surface area (Å²) in [4.78, 5) is 8.72. The molecule has 1 aromatic heterocycles. The zero-order valence-electron chi connectivity index (χ0n) is 10.4. The van der Waals surface area contributed by atoms with E-state index in [4.69, 9.17) is 11.6 Å². The summed E-state index contributed by atoms with van der Waals surface area (Å²) < 4.78 is 0.885. The van der Waals surface area contributed by atoms with E-state index in [9.17, 15) is 0 Å². The van der Waals surface area contributed by atoms with Crippen LogP contribution in [0.15, 0.2) is 33.9 Å². The van der Waals surface area contributed by atoms with Gasteiger partial charge in [0.25, 0.3) is 0 Å². The highest BCUT2D eigenvalue weighted by molar-refractivity contribution is 9.10. The van der Waals surface area contributed by atoms with E-state index in [1.807, 2.05) is 37.6 Å². The second-order valence-corrected chi connectivity index (χ2v) is 5.69. The second-order valence-electron chi connectivity index (χ2n) is 3.62. The highest BCUT2D eigenvalue weighted by atomic mass is 79.9. The molecule has 0 aliphatic carbocycles. The monoisotopic (exact) mass is 358 g/mol. The molecule has 0 aliphatic heterocycles. The van der Waals surface area contributed by atoms with E-state index in [1.165, 1.54) is 11.8 Å². The molecule has 0 amide bonds. The smallest absolute Gasteiger partial charge is 0.191 e. The van der Waals surface area contributed by atoms with E-state index in [1.54, 1.807) is 0 Å². The van der Waals surface area contributed by atoms with Crippen LogP contribution in [0.25, 0.3) is 0 Å². The Hall–Kier alpha value is -0.980. The fraction of sp³-hybridized carbons (Fsp3) is 0.167. The molecular formula is C12H12BrClN4S. The first-order valence-corrected chi connectivity index (χ1v) is 7.85. The molecule has 1 heterocycles. The first kappa shape index (κ1) is 14.4. The fourth-order valence-corrected chi connectivity index (χ4v) is 2.60. The van der Waals surface area contributed by atoms with Crippen molar-refractivity contribution in [3.63, 3.8) is 0 Å². The third-order valence-corrected chi connectivity index (χ3v) is 3.78. The van der Waals surface area contributed by atoms with Gasteiger partial charge in [-0.15, -0.1) is 0 Å². The maximum absolute atomic E-state index is 5.92. The summed E-state index contributed by atoms with van der Waals surface area (Å²) in [6, 6.07) is 7.40. The molecule has 0 fully saturated rings. The van der Waals surface area contributed by atoms with Crippen molar-refractivity contribution in [3.05, 3.63) is 33.8 Å². The van der Waals surface area contributed by atoms with Crippen LogP contribution in [-0.2, 0) is 0 Å². The summed E-state index contributed by atoms with van der Waals surface area (Å²) in [6.45, 7) is 0. The Kier molecular flexibility index (Phi) is 4.90. The Balaban J connectivity index is 2.31. The van der Waals surface area contributed by atoms with Crippen molar-refractivity contribution < 1.29 is 0 Å². The van der Waals surface area contributed by atoms with E-state index in [2.05, 4.69) is 36.5 Å². The highest BCUT2D eigenvalue weighted by Gasteiger charge is 2.06. The lowest BCUT2D eigenvalue weighted by Crippen LogP contribution is -2.01. The molecule has 0 aliphatic rings. The average Bonchev–Trinajstić information content (AvgIpc) is 2.41. The molecule has 4 nitrogen and oxygen atoms in total. The van der Waals surface area contributed by atoms with Crippen molar-refractivity contribution in [1.29, 1.82) is 0 Å². The first-order chi connectivity index (χ1) is 9.12. The minimum absolute atomic E-state index is 0.681. The topological polar surface area (TPSA) is 49.8 Å². The molecule has 0 spiro atoms. The van der Waals surface area contributed by atoms with Crippen molar-refractivity contribution in [2.45, 2.75) is 5.16 Å². The van der Waals surface area contributed by atoms with E-state index in [-0.39, 0.29) is 0 Å². The number of benzene rings is 1. The molecule has 2 rings (SSSR count). The molecule has 0 radical (unpaired) electrons. The van der Waals surface area contributed by atoms with Crippen molar-refractivity contribution in [3.8, 4) is 0 Å². The molecule has 2 N–H and O–H groups in total. The van der Waals surface area contributed by atoms with Crippen LogP contribution in [-0.4, -0.2) is 23.3 Å². The standard InChI is InChI=1S/C12H12BrClN4S/c1-15-10-6-11(18-12(17-10)19-2)16-9-4-3-7(14)5-8(9)13/h3-6H,1-2H3,(H2,15,16,17,18). The van der Waals surface area contributed by atoms with Crippen LogP contribution in [0.2, 0.25) is 5.02 Å². The van der Waals surface area contributed by atoms with Gasteiger partial charge in [0.15, 0.2) is 5.16 Å². The van der Waals surface area contributed by atoms with Crippen molar-refractivity contribution >= 4 is 56.6 Å². The highest BCUT2D eigenvalue weighted by Crippen LogP contribution is 2.29. The molecule has 0 bridgehead atoms. The van der Waals surface area contributed by atoms with Gasteiger partial charge in [0.2, 0.25) is 0 Å². The van der Waals surface area contributed by atoms with Crippen LogP contribution in [0.4, 0.5) is 17.3 Å². The maximum Gasteiger partial charge on any atom is 0.191 e. The predicted octanol–water partition coefficient (Wildman–Crippen LogP) is 4.40.